The average Bonchev–Trinajstić information content (AvgIpc) is 3.18. The van der Waals surface area contributed by atoms with Gasteiger partial charge in [-0.15, -0.1) is 0 Å². The summed E-state index contributed by atoms with van der Waals surface area (Å²) in [6, 6.07) is 0. The van der Waals surface area contributed by atoms with Crippen molar-refractivity contribution in [3.63, 3.8) is 0 Å². The van der Waals surface area contributed by atoms with E-state index in [9.17, 15) is 15.3 Å². The topological polar surface area (TPSA) is 79.2 Å². The van der Waals surface area contributed by atoms with Crippen LogP contribution in [0.5, 0.6) is 0 Å². The molecule has 4 saturated carbocycles. The molecular weight excluding hydrogens is 404 g/mol. The minimum atomic E-state index is -0.824. The van der Waals surface area contributed by atoms with Crippen LogP contribution in [0.4, 0.5) is 0 Å². The van der Waals surface area contributed by atoms with Gasteiger partial charge < -0.3 is 24.8 Å². The first-order valence-corrected chi connectivity index (χ1v) is 13.5. The van der Waals surface area contributed by atoms with Gasteiger partial charge in [-0.25, -0.2) is 0 Å². The second kappa shape index (κ2) is 7.16. The fourth-order valence-electron chi connectivity index (χ4n) is 10.4. The van der Waals surface area contributed by atoms with E-state index in [1.807, 2.05) is 0 Å². The zero-order chi connectivity index (χ0) is 22.6. The molecule has 0 unspecified atom stereocenters. The maximum absolute atomic E-state index is 11.2. The highest BCUT2D eigenvalue weighted by atomic mass is 16.7. The lowest BCUT2D eigenvalue weighted by molar-refractivity contribution is -0.316. The van der Waals surface area contributed by atoms with Crippen molar-refractivity contribution < 1.29 is 24.8 Å². The monoisotopic (exact) mass is 448 g/mol. The number of hydrogen-bond acceptors (Lipinski definition) is 5. The van der Waals surface area contributed by atoms with Crippen molar-refractivity contribution in [2.45, 2.75) is 109 Å². The maximum atomic E-state index is 11.2. The van der Waals surface area contributed by atoms with E-state index in [2.05, 4.69) is 27.7 Å². The van der Waals surface area contributed by atoms with Crippen LogP contribution in [0.2, 0.25) is 0 Å². The van der Waals surface area contributed by atoms with Crippen molar-refractivity contribution in [2.24, 2.45) is 52.3 Å². The molecular formula is C27H44O5. The highest BCUT2D eigenvalue weighted by Crippen LogP contribution is 2.71. The minimum Gasteiger partial charge on any atom is -0.393 e. The normalized spacial score (nSPS) is 64.0. The number of ether oxygens (including phenoxy) is 2. The molecule has 1 spiro atoms. The van der Waals surface area contributed by atoms with Crippen molar-refractivity contribution >= 4 is 0 Å². The van der Waals surface area contributed by atoms with Crippen LogP contribution in [0.3, 0.4) is 0 Å². The Bertz CT molecular complexity index is 758. The van der Waals surface area contributed by atoms with Gasteiger partial charge >= 0.3 is 0 Å². The molecule has 5 heteroatoms. The maximum Gasteiger partial charge on any atom is 0.197 e. The summed E-state index contributed by atoms with van der Waals surface area (Å²) >= 11 is 0. The van der Waals surface area contributed by atoms with Crippen molar-refractivity contribution in [1.82, 2.24) is 0 Å². The number of fused-ring (bicyclic) bond motifs is 7. The Hall–Kier alpha value is -0.200. The number of hydrogen-bond donors (Lipinski definition) is 3. The Kier molecular flexibility index (Phi) is 4.99. The van der Waals surface area contributed by atoms with Gasteiger partial charge in [0.15, 0.2) is 5.79 Å². The fourth-order valence-corrected chi connectivity index (χ4v) is 10.4. The number of aliphatic hydroxyl groups excluding tert-OH is 3. The van der Waals surface area contributed by atoms with Gasteiger partial charge in [0.25, 0.3) is 0 Å². The van der Waals surface area contributed by atoms with Gasteiger partial charge in [0, 0.05) is 5.92 Å². The van der Waals surface area contributed by atoms with Crippen LogP contribution in [0.15, 0.2) is 0 Å². The molecule has 0 amide bonds. The molecule has 0 aromatic rings. The van der Waals surface area contributed by atoms with E-state index in [0.717, 1.165) is 38.5 Å². The van der Waals surface area contributed by atoms with Crippen LogP contribution in [0.1, 0.15) is 79.1 Å². The summed E-state index contributed by atoms with van der Waals surface area (Å²) in [6.07, 6.45) is 6.86. The molecule has 2 heterocycles. The zero-order valence-electron chi connectivity index (χ0n) is 20.4. The summed E-state index contributed by atoms with van der Waals surface area (Å²) in [6.45, 7) is 9.98. The molecule has 2 aliphatic heterocycles. The minimum absolute atomic E-state index is 0.146. The lowest BCUT2D eigenvalue weighted by atomic mass is 9.43. The lowest BCUT2D eigenvalue weighted by Gasteiger charge is -2.62. The molecule has 6 aliphatic rings. The Balaban J connectivity index is 1.29. The van der Waals surface area contributed by atoms with Crippen molar-refractivity contribution in [2.75, 3.05) is 6.61 Å². The van der Waals surface area contributed by atoms with Crippen molar-refractivity contribution in [3.05, 3.63) is 0 Å². The molecule has 182 valence electrons. The van der Waals surface area contributed by atoms with Gasteiger partial charge in [-0.1, -0.05) is 27.7 Å². The van der Waals surface area contributed by atoms with Crippen molar-refractivity contribution in [3.8, 4) is 0 Å². The Labute approximate surface area is 193 Å². The second-order valence-electron chi connectivity index (χ2n) is 13.4. The van der Waals surface area contributed by atoms with Crippen LogP contribution in [0.25, 0.3) is 0 Å². The van der Waals surface area contributed by atoms with Gasteiger partial charge in [0.05, 0.1) is 24.9 Å². The van der Waals surface area contributed by atoms with Crippen LogP contribution >= 0.6 is 0 Å². The predicted octanol–water partition coefficient (Wildman–Crippen LogP) is 3.74. The Morgan fingerprint density at radius 1 is 0.812 bits per heavy atom. The molecule has 4 aliphatic carbocycles. The summed E-state index contributed by atoms with van der Waals surface area (Å²) < 4.78 is 13.0. The molecule has 32 heavy (non-hydrogen) atoms. The summed E-state index contributed by atoms with van der Waals surface area (Å²) in [5.41, 5.74) is 0.324. The largest absolute Gasteiger partial charge is 0.393 e. The van der Waals surface area contributed by atoms with Crippen LogP contribution in [-0.2, 0) is 9.47 Å². The van der Waals surface area contributed by atoms with Gasteiger partial charge in [-0.2, -0.15) is 0 Å². The Morgan fingerprint density at radius 2 is 1.56 bits per heavy atom. The first kappa shape index (κ1) is 22.3. The first-order valence-electron chi connectivity index (χ1n) is 13.5. The van der Waals surface area contributed by atoms with Crippen LogP contribution in [0, 0.1) is 52.3 Å². The summed E-state index contributed by atoms with van der Waals surface area (Å²) in [4.78, 5) is 0. The van der Waals surface area contributed by atoms with E-state index >= 15 is 0 Å². The third-order valence-corrected chi connectivity index (χ3v) is 11.9. The summed E-state index contributed by atoms with van der Waals surface area (Å²) in [5, 5.41) is 32.6. The zero-order valence-corrected chi connectivity index (χ0v) is 20.4. The predicted molar refractivity (Wildman–Crippen MR) is 121 cm³/mol. The van der Waals surface area contributed by atoms with Gasteiger partial charge in [0.2, 0.25) is 0 Å². The molecule has 6 fully saturated rings. The highest BCUT2D eigenvalue weighted by Gasteiger charge is 2.71. The Morgan fingerprint density at radius 3 is 2.31 bits per heavy atom. The molecule has 0 bridgehead atoms. The molecule has 0 radical (unpaired) electrons. The van der Waals surface area contributed by atoms with Crippen LogP contribution < -0.4 is 0 Å². The average molecular weight is 449 g/mol. The van der Waals surface area contributed by atoms with Gasteiger partial charge in [-0.3, -0.25) is 0 Å². The molecule has 5 nitrogen and oxygen atoms in total. The molecule has 2 saturated heterocycles. The quantitative estimate of drug-likeness (QED) is 0.526. The second-order valence-corrected chi connectivity index (χ2v) is 13.4. The SMILES string of the molecule is C[C@@H]1CO[C@@]2(O[C@H]3C[C@H]4[C@@H]5C[C@H](O)[C@H]6C[C@@H](O)CC[C@]6(C)[C@H]5CC[C@]4(C)[C@H]3[C@@H]2C)[C@@H](O)C1. The van der Waals surface area contributed by atoms with E-state index < -0.39 is 11.9 Å². The summed E-state index contributed by atoms with van der Waals surface area (Å²) in [5.74, 6) is 2.12. The van der Waals surface area contributed by atoms with E-state index in [1.165, 1.54) is 12.8 Å². The molecule has 3 N–H and O–H groups in total. The number of aliphatic hydroxyl groups is 3. The highest BCUT2D eigenvalue weighted by molar-refractivity contribution is 5.17. The number of rotatable bonds is 0. The van der Waals surface area contributed by atoms with Crippen LogP contribution in [-0.4, -0.2) is 52.1 Å². The third kappa shape index (κ3) is 2.75. The lowest BCUT2D eigenvalue weighted by Crippen LogP contribution is -2.59. The molecule has 0 aromatic heterocycles. The third-order valence-electron chi connectivity index (χ3n) is 11.9. The van der Waals surface area contributed by atoms with E-state index in [0.29, 0.717) is 36.2 Å². The summed E-state index contributed by atoms with van der Waals surface area (Å²) in [7, 11) is 0. The van der Waals surface area contributed by atoms with E-state index in [1.54, 1.807) is 0 Å². The van der Waals surface area contributed by atoms with Gasteiger partial charge in [-0.05, 0) is 97.7 Å². The first-order chi connectivity index (χ1) is 15.1. The van der Waals surface area contributed by atoms with E-state index in [4.69, 9.17) is 9.47 Å². The fraction of sp³-hybridized carbons (Fsp3) is 1.00. The van der Waals surface area contributed by atoms with E-state index in [-0.39, 0.29) is 41.0 Å². The molecule has 6 rings (SSSR count). The standard InChI is InChI=1S/C27H44O5/c1-14-9-23(30)27(31-13-14)15(2)24-22(32-27)12-19-17-11-21(29)20-10-16(28)5-7-25(20,3)18(17)6-8-26(19,24)4/h14-24,28-30H,5-13H2,1-4H3/t14-,15-,16-,17+,18-,19-,20+,21-,22-,23-,24-,25+,26-,27-/m0/s1. The molecule has 0 aromatic carbocycles. The smallest absolute Gasteiger partial charge is 0.197 e. The van der Waals surface area contributed by atoms with Crippen molar-refractivity contribution in [1.29, 1.82) is 0 Å². The molecule has 14 atom stereocenters. The van der Waals surface area contributed by atoms with Gasteiger partial charge in [0.1, 0.15) is 6.10 Å².